The molecule has 25 heavy (non-hydrogen) atoms. The van der Waals surface area contributed by atoms with E-state index in [0.717, 1.165) is 38.7 Å². The number of nitro groups is 1. The third-order valence-electron chi connectivity index (χ3n) is 5.45. The first-order valence-corrected chi connectivity index (χ1v) is 10.7. The molecule has 0 saturated carbocycles. The second-order valence-corrected chi connectivity index (χ2v) is 9.14. The molecule has 1 atom stereocenters. The van der Waals surface area contributed by atoms with Gasteiger partial charge in [-0.1, -0.05) is 0 Å². The molecule has 2 heterocycles. The molecule has 0 N–H and O–H groups in total. The van der Waals surface area contributed by atoms with E-state index in [0.29, 0.717) is 17.8 Å². The maximum absolute atomic E-state index is 11.7. The van der Waals surface area contributed by atoms with Gasteiger partial charge in [-0.2, -0.15) is 0 Å². The summed E-state index contributed by atoms with van der Waals surface area (Å²) in [5, 5.41) is 11.4. The smallest absolute Gasteiger partial charge is 0.293 e. The van der Waals surface area contributed by atoms with Crippen molar-refractivity contribution in [2.45, 2.75) is 49.6 Å². The van der Waals surface area contributed by atoms with Crippen LogP contribution >= 0.6 is 0 Å². The molecule has 138 valence electrons. The van der Waals surface area contributed by atoms with Gasteiger partial charge < -0.3 is 4.90 Å². The van der Waals surface area contributed by atoms with Gasteiger partial charge in [-0.15, -0.1) is 0 Å². The number of benzene rings is 1. The monoisotopic (exact) mass is 367 g/mol. The molecule has 2 saturated heterocycles. The number of hydrogen-bond donors (Lipinski definition) is 0. The Labute approximate surface area is 148 Å². The lowest BCUT2D eigenvalue weighted by Crippen LogP contribution is -2.46. The van der Waals surface area contributed by atoms with Crippen molar-refractivity contribution in [3.63, 3.8) is 0 Å². The molecule has 3 rings (SSSR count). The number of nitrogens with zero attached hydrogens (tertiary/aromatic N) is 3. The highest BCUT2D eigenvalue weighted by atomic mass is 32.2. The second-order valence-electron chi connectivity index (χ2n) is 7.13. The van der Waals surface area contributed by atoms with Crippen molar-refractivity contribution in [1.82, 2.24) is 4.90 Å². The number of sulfone groups is 1. The molecule has 7 nitrogen and oxygen atoms in total. The molecule has 1 aromatic carbocycles. The van der Waals surface area contributed by atoms with E-state index in [2.05, 4.69) is 11.8 Å². The topological polar surface area (TPSA) is 83.8 Å². The predicted molar refractivity (Wildman–Crippen MR) is 96.8 cm³/mol. The zero-order valence-electron chi connectivity index (χ0n) is 14.7. The van der Waals surface area contributed by atoms with Gasteiger partial charge in [0.25, 0.3) is 5.69 Å². The summed E-state index contributed by atoms with van der Waals surface area (Å²) in [6, 6.07) is 5.39. The van der Waals surface area contributed by atoms with Crippen molar-refractivity contribution in [3.8, 4) is 0 Å². The minimum Gasteiger partial charge on any atom is -0.366 e. The van der Waals surface area contributed by atoms with E-state index in [-0.39, 0.29) is 10.6 Å². The fraction of sp³-hybridized carbons (Fsp3) is 0.647. The van der Waals surface area contributed by atoms with Crippen molar-refractivity contribution in [1.29, 1.82) is 0 Å². The maximum Gasteiger partial charge on any atom is 0.293 e. The summed E-state index contributed by atoms with van der Waals surface area (Å²) in [6.45, 7) is 4.93. The quantitative estimate of drug-likeness (QED) is 0.600. The van der Waals surface area contributed by atoms with Gasteiger partial charge in [0.2, 0.25) is 0 Å². The molecule has 0 spiro atoms. The number of anilines is 1. The van der Waals surface area contributed by atoms with Crippen molar-refractivity contribution < 1.29 is 13.3 Å². The lowest BCUT2D eigenvalue weighted by Gasteiger charge is -2.39. The summed E-state index contributed by atoms with van der Waals surface area (Å²) in [4.78, 5) is 15.5. The van der Waals surface area contributed by atoms with Gasteiger partial charge in [-0.3, -0.25) is 15.0 Å². The molecule has 0 radical (unpaired) electrons. The van der Waals surface area contributed by atoms with Crippen LogP contribution < -0.4 is 4.90 Å². The van der Waals surface area contributed by atoms with Gasteiger partial charge in [0, 0.05) is 37.5 Å². The Hall–Kier alpha value is -1.67. The first-order chi connectivity index (χ1) is 11.8. The Balaban J connectivity index is 1.77. The minimum absolute atomic E-state index is 0.0104. The summed E-state index contributed by atoms with van der Waals surface area (Å²) in [5.74, 6) is 0. The van der Waals surface area contributed by atoms with Gasteiger partial charge in [-0.05, 0) is 51.3 Å². The number of nitro benzene ring substituents is 1. The largest absolute Gasteiger partial charge is 0.366 e. The summed E-state index contributed by atoms with van der Waals surface area (Å²) in [5.41, 5.74) is 0.390. The van der Waals surface area contributed by atoms with Crippen molar-refractivity contribution >= 4 is 21.2 Å². The van der Waals surface area contributed by atoms with Crippen LogP contribution in [0.5, 0.6) is 0 Å². The molecular formula is C17H25N3O4S. The summed E-state index contributed by atoms with van der Waals surface area (Å²) >= 11 is 0. The highest BCUT2D eigenvalue weighted by Crippen LogP contribution is 2.34. The Morgan fingerprint density at radius 2 is 1.84 bits per heavy atom. The number of hydrogen-bond acceptors (Lipinski definition) is 6. The molecule has 0 amide bonds. The average Bonchev–Trinajstić information content (AvgIpc) is 2.99. The SMILES string of the molecule is CC1CCCN1C1CCN(c2ccc(S(C)(=O)=O)cc2[N+](=O)[O-])CC1. The standard InChI is InChI=1S/C17H25N3O4S/c1-13-4-3-9-19(13)14-7-10-18(11-8-14)16-6-5-15(25(2,23)24)12-17(16)20(21)22/h5-6,12-14H,3-4,7-11H2,1-2H3. The Morgan fingerprint density at radius 3 is 2.36 bits per heavy atom. The number of piperidine rings is 1. The van der Waals surface area contributed by atoms with E-state index >= 15 is 0 Å². The predicted octanol–water partition coefficient (Wildman–Crippen LogP) is 2.45. The number of likely N-dealkylation sites (tertiary alicyclic amines) is 1. The number of rotatable bonds is 4. The van der Waals surface area contributed by atoms with Crippen LogP contribution in [0.1, 0.15) is 32.6 Å². The van der Waals surface area contributed by atoms with E-state index in [4.69, 9.17) is 0 Å². The van der Waals surface area contributed by atoms with Gasteiger partial charge in [0.15, 0.2) is 9.84 Å². The van der Waals surface area contributed by atoms with Crippen LogP contribution in [0.3, 0.4) is 0 Å². The van der Waals surface area contributed by atoms with E-state index in [1.165, 1.54) is 25.0 Å². The lowest BCUT2D eigenvalue weighted by molar-refractivity contribution is -0.384. The molecular weight excluding hydrogens is 342 g/mol. The molecule has 0 aromatic heterocycles. The molecule has 2 aliphatic heterocycles. The lowest BCUT2D eigenvalue weighted by atomic mass is 10.0. The van der Waals surface area contributed by atoms with E-state index in [1.807, 2.05) is 4.90 Å². The summed E-state index contributed by atoms with van der Waals surface area (Å²) in [7, 11) is -3.46. The van der Waals surface area contributed by atoms with Crippen LogP contribution in [-0.4, -0.2) is 56.2 Å². The van der Waals surface area contributed by atoms with Crippen LogP contribution in [0.4, 0.5) is 11.4 Å². The molecule has 8 heteroatoms. The molecule has 0 bridgehead atoms. The third kappa shape index (κ3) is 3.79. The van der Waals surface area contributed by atoms with Gasteiger partial charge in [0.05, 0.1) is 9.82 Å². The molecule has 0 aliphatic carbocycles. The van der Waals surface area contributed by atoms with Gasteiger partial charge in [0.1, 0.15) is 5.69 Å². The van der Waals surface area contributed by atoms with Gasteiger partial charge >= 0.3 is 0 Å². The molecule has 1 unspecified atom stereocenters. The van der Waals surface area contributed by atoms with Crippen molar-refractivity contribution in [2.75, 3.05) is 30.8 Å². The van der Waals surface area contributed by atoms with E-state index in [1.54, 1.807) is 6.07 Å². The molecule has 1 aromatic rings. The first-order valence-electron chi connectivity index (χ1n) is 8.76. The van der Waals surface area contributed by atoms with Gasteiger partial charge in [-0.25, -0.2) is 8.42 Å². The van der Waals surface area contributed by atoms with Crippen LogP contribution in [0.15, 0.2) is 23.1 Å². The molecule has 2 fully saturated rings. The zero-order chi connectivity index (χ0) is 18.2. The second kappa shape index (κ2) is 6.92. The van der Waals surface area contributed by atoms with E-state index in [9.17, 15) is 18.5 Å². The van der Waals surface area contributed by atoms with Crippen LogP contribution in [0.2, 0.25) is 0 Å². The van der Waals surface area contributed by atoms with Crippen LogP contribution in [0.25, 0.3) is 0 Å². The van der Waals surface area contributed by atoms with Crippen molar-refractivity contribution in [3.05, 3.63) is 28.3 Å². The summed E-state index contributed by atoms with van der Waals surface area (Å²) < 4.78 is 23.3. The first kappa shape index (κ1) is 18.1. The summed E-state index contributed by atoms with van der Waals surface area (Å²) in [6.07, 6.45) is 5.53. The maximum atomic E-state index is 11.7. The average molecular weight is 367 g/mol. The van der Waals surface area contributed by atoms with Crippen LogP contribution in [0, 0.1) is 10.1 Å². The van der Waals surface area contributed by atoms with Crippen molar-refractivity contribution in [2.24, 2.45) is 0 Å². The highest BCUT2D eigenvalue weighted by Gasteiger charge is 2.32. The third-order valence-corrected chi connectivity index (χ3v) is 6.56. The Kier molecular flexibility index (Phi) is 5.02. The Morgan fingerprint density at radius 1 is 1.16 bits per heavy atom. The highest BCUT2D eigenvalue weighted by molar-refractivity contribution is 7.90. The zero-order valence-corrected chi connectivity index (χ0v) is 15.5. The fourth-order valence-corrected chi connectivity index (χ4v) is 4.72. The Bertz CT molecular complexity index is 757. The van der Waals surface area contributed by atoms with E-state index < -0.39 is 14.8 Å². The fourth-order valence-electron chi connectivity index (χ4n) is 4.08. The molecule has 2 aliphatic rings. The van der Waals surface area contributed by atoms with Crippen LogP contribution in [-0.2, 0) is 9.84 Å². The minimum atomic E-state index is -3.46. The normalized spacial score (nSPS) is 23.1.